The Labute approximate surface area is 122 Å². The van der Waals surface area contributed by atoms with Crippen LogP contribution in [0.15, 0.2) is 36.5 Å². The van der Waals surface area contributed by atoms with Crippen molar-refractivity contribution in [2.75, 3.05) is 19.0 Å². The molecule has 1 aromatic carbocycles. The Hall–Kier alpha value is -2.50. The Balaban J connectivity index is 2.28. The summed E-state index contributed by atoms with van der Waals surface area (Å²) in [5.41, 5.74) is 1.18. The summed E-state index contributed by atoms with van der Waals surface area (Å²) in [6, 6.07) is 7.40. The molecular weight excluding hydrogens is 273 g/mol. The van der Waals surface area contributed by atoms with Crippen molar-refractivity contribution in [3.05, 3.63) is 53.6 Å². The number of carbonyl (C=O) groups is 1. The van der Waals surface area contributed by atoms with Gasteiger partial charge in [0.05, 0.1) is 5.69 Å². The smallest absolute Gasteiger partial charge is 0.312 e. The van der Waals surface area contributed by atoms with E-state index in [9.17, 15) is 14.3 Å². The number of aliphatic carboxylic acids is 1. The van der Waals surface area contributed by atoms with Gasteiger partial charge in [0.25, 0.3) is 0 Å². The van der Waals surface area contributed by atoms with Crippen molar-refractivity contribution in [3.63, 3.8) is 0 Å². The van der Waals surface area contributed by atoms with Crippen LogP contribution in [0.5, 0.6) is 0 Å². The number of rotatable bonds is 5. The van der Waals surface area contributed by atoms with E-state index in [0.29, 0.717) is 11.6 Å². The number of nitrogens with zero attached hydrogens (tertiary/aromatic N) is 3. The summed E-state index contributed by atoms with van der Waals surface area (Å²) in [5, 5.41) is 9.42. The van der Waals surface area contributed by atoms with Crippen LogP contribution >= 0.6 is 0 Å². The molecule has 0 aliphatic rings. The molecule has 1 N–H and O–H groups in total. The van der Waals surface area contributed by atoms with Gasteiger partial charge in [-0.2, -0.15) is 0 Å². The topological polar surface area (TPSA) is 66.3 Å². The minimum absolute atomic E-state index is 0.249. The van der Waals surface area contributed by atoms with Gasteiger partial charge < -0.3 is 10.0 Å². The summed E-state index contributed by atoms with van der Waals surface area (Å²) in [6.45, 7) is 0. The predicted octanol–water partition coefficient (Wildman–Crippen LogP) is 2.09. The van der Waals surface area contributed by atoms with Gasteiger partial charge in [-0.3, -0.25) is 4.79 Å². The summed E-state index contributed by atoms with van der Waals surface area (Å²) in [5.74, 6) is -1.65. The second kappa shape index (κ2) is 6.30. The highest BCUT2D eigenvalue weighted by Gasteiger charge is 2.22. The Morgan fingerprint density at radius 3 is 2.52 bits per heavy atom. The normalized spacial score (nSPS) is 12.0. The molecule has 0 spiro atoms. The Morgan fingerprint density at radius 1 is 1.29 bits per heavy atom. The van der Waals surface area contributed by atoms with Crippen molar-refractivity contribution in [2.45, 2.75) is 12.3 Å². The molecule has 0 aliphatic carbocycles. The van der Waals surface area contributed by atoms with Gasteiger partial charge in [-0.15, -0.1) is 0 Å². The molecule has 0 amide bonds. The standard InChI is InChI=1S/C15H16FN3O2/c1-19(2)15-17-8-7-13(18-15)12(14(20)21)9-10-3-5-11(16)6-4-10/h3-8,12H,9H2,1-2H3,(H,20,21). The predicted molar refractivity (Wildman–Crippen MR) is 76.8 cm³/mol. The van der Waals surface area contributed by atoms with Crippen LogP contribution in [0.1, 0.15) is 17.2 Å². The summed E-state index contributed by atoms with van der Waals surface area (Å²) >= 11 is 0. The minimum atomic E-state index is -0.970. The Bertz CT molecular complexity index is 629. The first-order valence-corrected chi connectivity index (χ1v) is 6.45. The lowest BCUT2D eigenvalue weighted by molar-refractivity contribution is -0.138. The van der Waals surface area contributed by atoms with E-state index in [0.717, 1.165) is 5.56 Å². The van der Waals surface area contributed by atoms with E-state index in [4.69, 9.17) is 0 Å². The molecule has 5 nitrogen and oxygen atoms in total. The van der Waals surface area contributed by atoms with Gasteiger partial charge in [0.1, 0.15) is 11.7 Å². The molecule has 0 saturated carbocycles. The molecule has 1 unspecified atom stereocenters. The van der Waals surface area contributed by atoms with E-state index in [1.54, 1.807) is 37.2 Å². The maximum absolute atomic E-state index is 12.9. The lowest BCUT2D eigenvalue weighted by atomic mass is 9.96. The molecular formula is C15H16FN3O2. The fraction of sp³-hybridized carbons (Fsp3) is 0.267. The van der Waals surface area contributed by atoms with Crippen LogP contribution in [0.3, 0.4) is 0 Å². The zero-order chi connectivity index (χ0) is 15.4. The molecule has 0 aliphatic heterocycles. The Morgan fingerprint density at radius 2 is 1.95 bits per heavy atom. The lowest BCUT2D eigenvalue weighted by Crippen LogP contribution is -2.19. The molecule has 1 aromatic heterocycles. The van der Waals surface area contributed by atoms with Crippen molar-refractivity contribution in [3.8, 4) is 0 Å². The number of hydrogen-bond acceptors (Lipinski definition) is 4. The van der Waals surface area contributed by atoms with E-state index in [1.807, 2.05) is 0 Å². The fourth-order valence-electron chi connectivity index (χ4n) is 1.95. The second-order valence-electron chi connectivity index (χ2n) is 4.90. The second-order valence-corrected chi connectivity index (χ2v) is 4.90. The SMILES string of the molecule is CN(C)c1nccc(C(Cc2ccc(F)cc2)C(=O)O)n1. The molecule has 2 rings (SSSR count). The van der Waals surface area contributed by atoms with E-state index in [-0.39, 0.29) is 12.2 Å². The first-order chi connectivity index (χ1) is 9.97. The minimum Gasteiger partial charge on any atom is -0.481 e. The quantitative estimate of drug-likeness (QED) is 0.913. The largest absolute Gasteiger partial charge is 0.481 e. The first-order valence-electron chi connectivity index (χ1n) is 6.45. The number of anilines is 1. The van der Waals surface area contributed by atoms with Crippen molar-refractivity contribution in [2.24, 2.45) is 0 Å². The van der Waals surface area contributed by atoms with Gasteiger partial charge in [-0.25, -0.2) is 14.4 Å². The van der Waals surface area contributed by atoms with E-state index < -0.39 is 11.9 Å². The van der Waals surface area contributed by atoms with Crippen LogP contribution in [-0.4, -0.2) is 35.1 Å². The number of hydrogen-bond donors (Lipinski definition) is 1. The fourth-order valence-corrected chi connectivity index (χ4v) is 1.95. The highest BCUT2D eigenvalue weighted by molar-refractivity contribution is 5.76. The molecule has 1 atom stereocenters. The third-order valence-electron chi connectivity index (χ3n) is 3.07. The summed E-state index contributed by atoms with van der Waals surface area (Å²) in [4.78, 5) is 21.6. The molecule has 1 heterocycles. The van der Waals surface area contributed by atoms with Crippen LogP contribution in [0, 0.1) is 5.82 Å². The number of halogens is 1. The third kappa shape index (κ3) is 3.75. The molecule has 6 heteroatoms. The Kier molecular flexibility index (Phi) is 4.47. The zero-order valence-electron chi connectivity index (χ0n) is 11.8. The number of carboxylic acid groups (broad SMARTS) is 1. The first kappa shape index (κ1) is 14.9. The van der Waals surface area contributed by atoms with Crippen molar-refractivity contribution in [1.29, 1.82) is 0 Å². The maximum Gasteiger partial charge on any atom is 0.312 e. The van der Waals surface area contributed by atoms with Crippen LogP contribution in [0.25, 0.3) is 0 Å². The number of carboxylic acids is 1. The van der Waals surface area contributed by atoms with Gasteiger partial charge in [0.15, 0.2) is 0 Å². The van der Waals surface area contributed by atoms with E-state index in [2.05, 4.69) is 9.97 Å². The van der Waals surface area contributed by atoms with Crippen molar-refractivity contribution >= 4 is 11.9 Å². The summed E-state index contributed by atoms with van der Waals surface area (Å²) in [6.07, 6.45) is 1.79. The molecule has 0 bridgehead atoms. The van der Waals surface area contributed by atoms with Gasteiger partial charge in [0, 0.05) is 20.3 Å². The highest BCUT2D eigenvalue weighted by atomic mass is 19.1. The number of aromatic nitrogens is 2. The monoisotopic (exact) mass is 289 g/mol. The van der Waals surface area contributed by atoms with Crippen molar-refractivity contribution < 1.29 is 14.3 Å². The lowest BCUT2D eigenvalue weighted by Gasteiger charge is -2.15. The van der Waals surface area contributed by atoms with Crippen LogP contribution in [0.2, 0.25) is 0 Å². The van der Waals surface area contributed by atoms with Gasteiger partial charge in [-0.1, -0.05) is 12.1 Å². The molecule has 110 valence electrons. The summed E-state index contributed by atoms with van der Waals surface area (Å²) in [7, 11) is 3.57. The summed E-state index contributed by atoms with van der Waals surface area (Å²) < 4.78 is 12.9. The van der Waals surface area contributed by atoms with Gasteiger partial charge in [0.2, 0.25) is 5.95 Å². The average Bonchev–Trinajstić information content (AvgIpc) is 2.46. The van der Waals surface area contributed by atoms with E-state index >= 15 is 0 Å². The van der Waals surface area contributed by atoms with E-state index in [1.165, 1.54) is 18.3 Å². The molecule has 21 heavy (non-hydrogen) atoms. The third-order valence-corrected chi connectivity index (χ3v) is 3.07. The van der Waals surface area contributed by atoms with Gasteiger partial charge >= 0.3 is 5.97 Å². The molecule has 0 radical (unpaired) electrons. The molecule has 0 fully saturated rings. The van der Waals surface area contributed by atoms with Crippen LogP contribution in [-0.2, 0) is 11.2 Å². The molecule has 2 aromatic rings. The van der Waals surface area contributed by atoms with Crippen LogP contribution < -0.4 is 4.90 Å². The highest BCUT2D eigenvalue weighted by Crippen LogP contribution is 2.21. The average molecular weight is 289 g/mol. The van der Waals surface area contributed by atoms with Crippen LogP contribution in [0.4, 0.5) is 10.3 Å². The van der Waals surface area contributed by atoms with Crippen molar-refractivity contribution in [1.82, 2.24) is 9.97 Å². The number of benzene rings is 1. The zero-order valence-corrected chi connectivity index (χ0v) is 11.8. The maximum atomic E-state index is 12.9. The van der Waals surface area contributed by atoms with Gasteiger partial charge in [-0.05, 0) is 30.2 Å². The molecule has 0 saturated heterocycles.